The number of ketones is 1. The van der Waals surface area contributed by atoms with Crippen molar-refractivity contribution in [1.29, 1.82) is 0 Å². The molecule has 2 aromatic heterocycles. The Morgan fingerprint density at radius 1 is 0.692 bits per heavy atom. The first-order valence-electron chi connectivity index (χ1n) is 12.9. The summed E-state index contributed by atoms with van der Waals surface area (Å²) in [4.78, 5) is 17.9. The van der Waals surface area contributed by atoms with Crippen molar-refractivity contribution in [2.75, 3.05) is 52.5 Å². The zero-order valence-electron chi connectivity index (χ0n) is 23.0. The summed E-state index contributed by atoms with van der Waals surface area (Å²) < 4.78 is 24.0. The van der Waals surface area contributed by atoms with Gasteiger partial charge in [-0.1, -0.05) is 52.0 Å². The lowest BCUT2D eigenvalue weighted by Gasteiger charge is -2.17. The number of halogens is 2. The fourth-order valence-electron chi connectivity index (χ4n) is 4.29. The van der Waals surface area contributed by atoms with Gasteiger partial charge in [-0.3, -0.25) is 4.79 Å². The summed E-state index contributed by atoms with van der Waals surface area (Å²) >= 11 is 0. The monoisotopic (exact) mass is 582 g/mol. The number of benzene rings is 2. The van der Waals surface area contributed by atoms with Gasteiger partial charge < -0.3 is 33.6 Å². The van der Waals surface area contributed by atoms with E-state index in [4.69, 9.17) is 18.3 Å². The average Bonchev–Trinajstić information content (AvgIpc) is 3.54. The predicted molar refractivity (Wildman–Crippen MR) is 161 cm³/mol. The highest BCUT2D eigenvalue weighted by Gasteiger charge is 2.21. The summed E-state index contributed by atoms with van der Waals surface area (Å²) in [7, 11) is 0. The molecule has 0 saturated heterocycles. The molecule has 0 bridgehead atoms. The summed E-state index contributed by atoms with van der Waals surface area (Å²) in [5, 5.41) is 1.63. The molecule has 8 nitrogen and oxygen atoms in total. The summed E-state index contributed by atoms with van der Waals surface area (Å²) in [5.41, 5.74) is 1.13. The molecule has 2 N–H and O–H groups in total. The Kier molecular flexibility index (Phi) is 14.4. The first kappa shape index (κ1) is 34.3. The Hall–Kier alpha value is -2.75. The lowest BCUT2D eigenvalue weighted by atomic mass is 10.2. The fourth-order valence-corrected chi connectivity index (χ4v) is 4.29. The van der Waals surface area contributed by atoms with E-state index in [1.807, 2.05) is 36.4 Å². The molecule has 0 fully saturated rings. The number of rotatable bonds is 14. The minimum Gasteiger partial charge on any atom is -0.488 e. The first-order valence-corrected chi connectivity index (χ1v) is 12.9. The Bertz CT molecular complexity index is 1200. The Balaban J connectivity index is 0.00000253. The van der Waals surface area contributed by atoms with Gasteiger partial charge in [-0.05, 0) is 50.4 Å². The second-order valence-electron chi connectivity index (χ2n) is 8.65. The zero-order valence-corrected chi connectivity index (χ0v) is 24.7. The molecule has 0 unspecified atom stereocenters. The third-order valence-electron chi connectivity index (χ3n) is 6.58. The molecule has 216 valence electrons. The number of hydrogen-bond acceptors (Lipinski definition) is 7. The van der Waals surface area contributed by atoms with Crippen LogP contribution in [0.5, 0.6) is 11.5 Å². The Morgan fingerprint density at radius 2 is 1.08 bits per heavy atom. The second kappa shape index (κ2) is 16.4. The fraction of sp³-hybridized carbons (Fsp3) is 0.414. The molecule has 0 aliphatic carbocycles. The van der Waals surface area contributed by atoms with Gasteiger partial charge in [0.15, 0.2) is 34.2 Å². The van der Waals surface area contributed by atoms with E-state index < -0.39 is 0 Å². The molecule has 2 heterocycles. The quantitative estimate of drug-likeness (QED) is 0.171. The number of furan rings is 2. The second-order valence-corrected chi connectivity index (χ2v) is 8.65. The smallest absolute Gasteiger partial charge is 0.263 e. The molecule has 0 amide bonds. The number of ether oxygens (including phenoxy) is 2. The van der Waals surface area contributed by atoms with Crippen molar-refractivity contribution < 1.29 is 28.6 Å². The maximum Gasteiger partial charge on any atom is 0.263 e. The molecule has 4 aromatic rings. The van der Waals surface area contributed by atoms with Gasteiger partial charge in [-0.15, -0.1) is 24.8 Å². The van der Waals surface area contributed by atoms with Crippen LogP contribution in [0.4, 0.5) is 0 Å². The molecule has 0 atom stereocenters. The molecule has 4 rings (SSSR count). The van der Waals surface area contributed by atoms with E-state index in [1.165, 1.54) is 0 Å². The van der Waals surface area contributed by atoms with E-state index in [9.17, 15) is 4.79 Å². The van der Waals surface area contributed by atoms with Crippen LogP contribution in [0.15, 0.2) is 57.4 Å². The molecule has 0 radical (unpaired) electrons. The molecular weight excluding hydrogens is 543 g/mol. The summed E-state index contributed by atoms with van der Waals surface area (Å²) in [6, 6.07) is 14.8. The molecule has 0 aliphatic heterocycles. The Morgan fingerprint density at radius 3 is 1.44 bits per heavy atom. The summed E-state index contributed by atoms with van der Waals surface area (Å²) in [6.07, 6.45) is 0. The first-order chi connectivity index (χ1) is 17.6. The number of nitrogens with zero attached hydrogens (tertiary/aromatic N) is 2. The summed E-state index contributed by atoms with van der Waals surface area (Å²) in [6.45, 7) is 15.2. The highest BCUT2D eigenvalue weighted by molar-refractivity contribution is 6.09. The van der Waals surface area contributed by atoms with Gasteiger partial charge >= 0.3 is 0 Å². The van der Waals surface area contributed by atoms with Crippen molar-refractivity contribution in [1.82, 2.24) is 9.80 Å². The summed E-state index contributed by atoms with van der Waals surface area (Å²) in [5.74, 6) is 1.38. The molecule has 0 saturated carbocycles. The molecule has 0 spiro atoms. The van der Waals surface area contributed by atoms with E-state index in [2.05, 4.69) is 37.5 Å². The number of para-hydroxylation sites is 2. The maximum absolute atomic E-state index is 13.3. The van der Waals surface area contributed by atoms with Crippen LogP contribution in [0.3, 0.4) is 0 Å². The van der Waals surface area contributed by atoms with Crippen LogP contribution in [0.25, 0.3) is 21.9 Å². The standard InChI is InChI=1S/C29H36N2O5.2ClH.H2O/c1-5-30(6-2)15-17-33-23-13-9-11-21-19-25(35-28(21)23)27(32)26-20-22-12-10-14-24(29(22)36-26)34-18-16-31(7-3)8-4;;;/h9-14,19-20H,5-8,15-18H2,1-4H3;2*1H;1H2. The third-order valence-corrected chi connectivity index (χ3v) is 6.58. The van der Waals surface area contributed by atoms with E-state index in [1.54, 1.807) is 12.1 Å². The van der Waals surface area contributed by atoms with Gasteiger partial charge in [0.05, 0.1) is 0 Å². The van der Waals surface area contributed by atoms with Crippen molar-refractivity contribution in [2.24, 2.45) is 0 Å². The van der Waals surface area contributed by atoms with Gasteiger partial charge in [-0.25, -0.2) is 0 Å². The van der Waals surface area contributed by atoms with Crippen molar-refractivity contribution in [3.05, 3.63) is 60.1 Å². The van der Waals surface area contributed by atoms with E-state index in [0.717, 1.165) is 50.0 Å². The van der Waals surface area contributed by atoms with Gasteiger partial charge in [-0.2, -0.15) is 0 Å². The zero-order chi connectivity index (χ0) is 25.5. The average molecular weight is 584 g/mol. The van der Waals surface area contributed by atoms with Crippen LogP contribution in [-0.2, 0) is 0 Å². The number of hydrogen-bond donors (Lipinski definition) is 0. The number of carbonyl (C=O) groups excluding carboxylic acids is 1. The largest absolute Gasteiger partial charge is 0.488 e. The minimum absolute atomic E-state index is 0. The number of likely N-dealkylation sites (N-methyl/N-ethyl adjacent to an activating group) is 2. The minimum atomic E-state index is -0.314. The van der Waals surface area contributed by atoms with Crippen LogP contribution in [0, 0.1) is 0 Å². The van der Waals surface area contributed by atoms with Gasteiger partial charge in [0.1, 0.15) is 13.2 Å². The van der Waals surface area contributed by atoms with E-state index in [0.29, 0.717) is 35.9 Å². The van der Waals surface area contributed by atoms with Crippen molar-refractivity contribution >= 4 is 52.5 Å². The van der Waals surface area contributed by atoms with Crippen molar-refractivity contribution in [2.45, 2.75) is 27.7 Å². The Labute approximate surface area is 242 Å². The van der Waals surface area contributed by atoms with Crippen LogP contribution in [-0.4, -0.2) is 73.5 Å². The maximum atomic E-state index is 13.3. The van der Waals surface area contributed by atoms with Crippen LogP contribution >= 0.6 is 24.8 Å². The highest BCUT2D eigenvalue weighted by Crippen LogP contribution is 2.33. The van der Waals surface area contributed by atoms with Crippen LogP contribution < -0.4 is 9.47 Å². The third kappa shape index (κ3) is 8.13. The predicted octanol–water partition coefficient (Wildman–Crippen LogP) is 5.87. The molecule has 10 heteroatoms. The highest BCUT2D eigenvalue weighted by atomic mass is 35.5. The molecular formula is C29H40Cl2N2O6. The topological polar surface area (TPSA) is 99.8 Å². The van der Waals surface area contributed by atoms with Gasteiger partial charge in [0.25, 0.3) is 5.78 Å². The van der Waals surface area contributed by atoms with Gasteiger partial charge in [0, 0.05) is 23.9 Å². The lowest BCUT2D eigenvalue weighted by molar-refractivity contribution is 0.0987. The number of carbonyl (C=O) groups is 1. The SMILES string of the molecule is CCN(CC)CCOc1cccc2cc(C(=O)c3cc4cccc(OCCN(CC)CC)c4o3)oc12.Cl.Cl.O. The molecule has 39 heavy (non-hydrogen) atoms. The van der Waals surface area contributed by atoms with Crippen LogP contribution in [0.1, 0.15) is 44.0 Å². The number of fused-ring (bicyclic) bond motifs is 2. The lowest BCUT2D eigenvalue weighted by Crippen LogP contribution is -2.27. The van der Waals surface area contributed by atoms with Crippen LogP contribution in [0.2, 0.25) is 0 Å². The van der Waals surface area contributed by atoms with E-state index in [-0.39, 0.29) is 47.6 Å². The van der Waals surface area contributed by atoms with E-state index >= 15 is 0 Å². The van der Waals surface area contributed by atoms with Crippen molar-refractivity contribution in [3.63, 3.8) is 0 Å². The normalized spacial score (nSPS) is 10.8. The molecule has 2 aromatic carbocycles. The molecule has 0 aliphatic rings. The van der Waals surface area contributed by atoms with Gasteiger partial charge in [0.2, 0.25) is 0 Å². The van der Waals surface area contributed by atoms with Crippen molar-refractivity contribution in [3.8, 4) is 11.5 Å².